The lowest BCUT2D eigenvalue weighted by Crippen LogP contribution is -2.24. The van der Waals surface area contributed by atoms with E-state index in [1.807, 2.05) is 0 Å². The van der Waals surface area contributed by atoms with Crippen LogP contribution in [0.4, 0.5) is 0 Å². The molecule has 0 spiro atoms. The minimum absolute atomic E-state index is 0.304. The largest absolute Gasteiger partial charge is 0.380 e. The van der Waals surface area contributed by atoms with E-state index in [1.165, 1.54) is 32.1 Å². The second-order valence-corrected chi connectivity index (χ2v) is 3.48. The fraction of sp³-hybridized carbons (Fsp3) is 1.00. The van der Waals surface area contributed by atoms with Gasteiger partial charge in [-0.05, 0) is 12.3 Å². The van der Waals surface area contributed by atoms with E-state index in [9.17, 15) is 0 Å². The Morgan fingerprint density at radius 1 is 1.45 bits per heavy atom. The smallest absolute Gasteiger partial charge is 0.0696 e. The monoisotopic (exact) mass is 157 g/mol. The van der Waals surface area contributed by atoms with E-state index in [0.717, 1.165) is 5.92 Å². The number of nitrogens with two attached hydrogens (primary N) is 1. The zero-order valence-electron chi connectivity index (χ0n) is 7.38. The van der Waals surface area contributed by atoms with Gasteiger partial charge >= 0.3 is 0 Å². The number of rotatable bonds is 4. The van der Waals surface area contributed by atoms with Crippen LogP contribution in [-0.2, 0) is 4.74 Å². The summed E-state index contributed by atoms with van der Waals surface area (Å²) in [6.07, 6.45) is 7.07. The minimum atomic E-state index is 0.304. The van der Waals surface area contributed by atoms with E-state index in [1.54, 1.807) is 7.11 Å². The van der Waals surface area contributed by atoms with Crippen LogP contribution in [0.5, 0.6) is 0 Å². The standard InChI is InChI=1S/C9H19NO/c1-11-9(7-10)6-8-4-2-3-5-8/h8-9H,2-7,10H2,1H3. The average Bonchev–Trinajstić information content (AvgIpc) is 2.52. The molecule has 0 aromatic heterocycles. The molecule has 66 valence electrons. The Bertz CT molecular complexity index is 95.7. The van der Waals surface area contributed by atoms with Gasteiger partial charge in [0.2, 0.25) is 0 Å². The number of hydrogen-bond acceptors (Lipinski definition) is 2. The van der Waals surface area contributed by atoms with Gasteiger partial charge in [-0.2, -0.15) is 0 Å². The van der Waals surface area contributed by atoms with Crippen molar-refractivity contribution in [2.24, 2.45) is 11.7 Å². The summed E-state index contributed by atoms with van der Waals surface area (Å²) in [5.74, 6) is 0.892. The molecule has 1 rings (SSSR count). The van der Waals surface area contributed by atoms with Crippen molar-refractivity contribution in [1.29, 1.82) is 0 Å². The molecule has 2 nitrogen and oxygen atoms in total. The fourth-order valence-corrected chi connectivity index (χ4v) is 1.91. The van der Waals surface area contributed by atoms with Crippen molar-refractivity contribution in [2.75, 3.05) is 13.7 Å². The van der Waals surface area contributed by atoms with Gasteiger partial charge in [-0.1, -0.05) is 25.7 Å². The molecule has 1 aliphatic rings. The van der Waals surface area contributed by atoms with Crippen LogP contribution in [0.25, 0.3) is 0 Å². The Labute approximate surface area is 69.1 Å². The van der Waals surface area contributed by atoms with Crippen LogP contribution < -0.4 is 5.73 Å². The predicted molar refractivity (Wildman–Crippen MR) is 46.4 cm³/mol. The summed E-state index contributed by atoms with van der Waals surface area (Å²) in [4.78, 5) is 0. The number of methoxy groups -OCH3 is 1. The average molecular weight is 157 g/mol. The molecule has 1 aliphatic carbocycles. The Hall–Kier alpha value is -0.0800. The first-order valence-corrected chi connectivity index (χ1v) is 4.59. The first kappa shape index (κ1) is 9.01. The molecule has 1 fully saturated rings. The van der Waals surface area contributed by atoms with Crippen LogP contribution in [0, 0.1) is 5.92 Å². The summed E-state index contributed by atoms with van der Waals surface area (Å²) in [6, 6.07) is 0. The zero-order chi connectivity index (χ0) is 8.10. The van der Waals surface area contributed by atoms with E-state index in [0.29, 0.717) is 12.6 Å². The van der Waals surface area contributed by atoms with Gasteiger partial charge in [-0.3, -0.25) is 0 Å². The highest BCUT2D eigenvalue weighted by atomic mass is 16.5. The molecule has 2 heteroatoms. The molecule has 1 saturated carbocycles. The quantitative estimate of drug-likeness (QED) is 0.672. The Morgan fingerprint density at radius 3 is 2.55 bits per heavy atom. The SMILES string of the molecule is COC(CN)CC1CCCC1. The summed E-state index contributed by atoms with van der Waals surface area (Å²) in [6.45, 7) is 0.674. The number of hydrogen-bond donors (Lipinski definition) is 1. The Morgan fingerprint density at radius 2 is 2.09 bits per heavy atom. The van der Waals surface area contributed by atoms with Crippen LogP contribution in [-0.4, -0.2) is 19.8 Å². The van der Waals surface area contributed by atoms with Gasteiger partial charge in [0.15, 0.2) is 0 Å². The Kier molecular flexibility index (Phi) is 3.87. The van der Waals surface area contributed by atoms with Crippen LogP contribution in [0.2, 0.25) is 0 Å². The van der Waals surface area contributed by atoms with Crippen LogP contribution in [0.1, 0.15) is 32.1 Å². The maximum atomic E-state index is 5.54. The molecule has 0 radical (unpaired) electrons. The van der Waals surface area contributed by atoms with Gasteiger partial charge in [0.05, 0.1) is 6.10 Å². The molecule has 1 unspecified atom stereocenters. The van der Waals surface area contributed by atoms with Crippen LogP contribution in [0.3, 0.4) is 0 Å². The molecule has 0 amide bonds. The topological polar surface area (TPSA) is 35.2 Å². The lowest BCUT2D eigenvalue weighted by atomic mass is 10.0. The minimum Gasteiger partial charge on any atom is -0.380 e. The van der Waals surface area contributed by atoms with Crippen molar-refractivity contribution >= 4 is 0 Å². The van der Waals surface area contributed by atoms with Crippen molar-refractivity contribution < 1.29 is 4.74 Å². The molecule has 0 saturated heterocycles. The normalized spacial score (nSPS) is 22.4. The third kappa shape index (κ3) is 2.80. The highest BCUT2D eigenvalue weighted by Crippen LogP contribution is 2.28. The summed E-state index contributed by atoms with van der Waals surface area (Å²) in [7, 11) is 1.76. The molecular formula is C9H19NO. The van der Waals surface area contributed by atoms with E-state index in [4.69, 9.17) is 10.5 Å². The molecule has 2 N–H and O–H groups in total. The molecule has 11 heavy (non-hydrogen) atoms. The summed E-state index contributed by atoms with van der Waals surface area (Å²) < 4.78 is 5.24. The Balaban J connectivity index is 2.16. The zero-order valence-corrected chi connectivity index (χ0v) is 7.38. The van der Waals surface area contributed by atoms with Gasteiger partial charge in [-0.15, -0.1) is 0 Å². The molecule has 0 aliphatic heterocycles. The summed E-state index contributed by atoms with van der Waals surface area (Å²) in [5.41, 5.74) is 5.54. The molecule has 0 bridgehead atoms. The molecule has 0 aromatic rings. The second kappa shape index (κ2) is 4.73. The first-order chi connectivity index (χ1) is 5.36. The lowest BCUT2D eigenvalue weighted by Gasteiger charge is -2.16. The van der Waals surface area contributed by atoms with Gasteiger partial charge in [0, 0.05) is 13.7 Å². The van der Waals surface area contributed by atoms with Gasteiger partial charge < -0.3 is 10.5 Å². The maximum Gasteiger partial charge on any atom is 0.0696 e. The van der Waals surface area contributed by atoms with Crippen LogP contribution in [0.15, 0.2) is 0 Å². The second-order valence-electron chi connectivity index (χ2n) is 3.48. The van der Waals surface area contributed by atoms with Crippen molar-refractivity contribution in [1.82, 2.24) is 0 Å². The van der Waals surface area contributed by atoms with E-state index < -0.39 is 0 Å². The van der Waals surface area contributed by atoms with Crippen molar-refractivity contribution in [3.63, 3.8) is 0 Å². The molecule has 1 atom stereocenters. The molecule has 0 aromatic carbocycles. The molecular weight excluding hydrogens is 138 g/mol. The lowest BCUT2D eigenvalue weighted by molar-refractivity contribution is 0.0875. The van der Waals surface area contributed by atoms with E-state index in [2.05, 4.69) is 0 Å². The maximum absolute atomic E-state index is 5.54. The predicted octanol–water partition coefficient (Wildman–Crippen LogP) is 1.54. The van der Waals surface area contributed by atoms with Gasteiger partial charge in [0.1, 0.15) is 0 Å². The summed E-state index contributed by atoms with van der Waals surface area (Å²) in [5, 5.41) is 0. The van der Waals surface area contributed by atoms with Crippen molar-refractivity contribution in [3.05, 3.63) is 0 Å². The highest BCUT2D eigenvalue weighted by Gasteiger charge is 2.18. The van der Waals surface area contributed by atoms with Crippen molar-refractivity contribution in [3.8, 4) is 0 Å². The van der Waals surface area contributed by atoms with Gasteiger partial charge in [0.25, 0.3) is 0 Å². The fourth-order valence-electron chi connectivity index (χ4n) is 1.91. The highest BCUT2D eigenvalue weighted by molar-refractivity contribution is 4.71. The number of ether oxygens (including phenoxy) is 1. The molecule has 0 heterocycles. The summed E-state index contributed by atoms with van der Waals surface area (Å²) >= 11 is 0. The van der Waals surface area contributed by atoms with Crippen molar-refractivity contribution in [2.45, 2.75) is 38.2 Å². The third-order valence-corrected chi connectivity index (χ3v) is 2.67. The van der Waals surface area contributed by atoms with Gasteiger partial charge in [-0.25, -0.2) is 0 Å². The van der Waals surface area contributed by atoms with E-state index >= 15 is 0 Å². The van der Waals surface area contributed by atoms with Crippen LogP contribution >= 0.6 is 0 Å². The third-order valence-electron chi connectivity index (χ3n) is 2.67. The van der Waals surface area contributed by atoms with E-state index in [-0.39, 0.29) is 0 Å². The first-order valence-electron chi connectivity index (χ1n) is 4.59.